The van der Waals surface area contributed by atoms with Crippen LogP contribution in [0.2, 0.25) is 0 Å². The Hall–Kier alpha value is -2.28. The molecule has 0 radical (unpaired) electrons. The van der Waals surface area contributed by atoms with E-state index >= 15 is 0 Å². The van der Waals surface area contributed by atoms with E-state index < -0.39 is 39.9 Å². The minimum absolute atomic E-state index is 0.200. The van der Waals surface area contributed by atoms with E-state index in [1.807, 2.05) is 6.07 Å². The van der Waals surface area contributed by atoms with Crippen LogP contribution < -0.4 is 0 Å². The third kappa shape index (κ3) is 3.73. The Bertz CT molecular complexity index is 687. The van der Waals surface area contributed by atoms with E-state index in [0.29, 0.717) is 23.6 Å². The van der Waals surface area contributed by atoms with Crippen LogP contribution in [0, 0.1) is 21.4 Å². The smallest absolute Gasteiger partial charge is 0.321 e. The monoisotopic (exact) mass is 345 g/mol. The van der Waals surface area contributed by atoms with E-state index in [2.05, 4.69) is 0 Å². The van der Waals surface area contributed by atoms with Gasteiger partial charge in [0.2, 0.25) is 0 Å². The van der Waals surface area contributed by atoms with Crippen molar-refractivity contribution < 1.29 is 22.9 Å². The van der Waals surface area contributed by atoms with Crippen LogP contribution in [0.3, 0.4) is 0 Å². The van der Waals surface area contributed by atoms with Crippen LogP contribution >= 0.6 is 11.8 Å². The first-order chi connectivity index (χ1) is 10.7. The van der Waals surface area contributed by atoms with Crippen LogP contribution in [0.5, 0.6) is 0 Å². The molecule has 1 amide bonds. The Balaban J connectivity index is 2.45. The summed E-state index contributed by atoms with van der Waals surface area (Å²) in [6.45, 7) is 0.200. The SMILES string of the molecule is N#C[C@H]1CSCCN1C(=O)c1cc([N+](=O)[O-])cc(C(F)(F)F)c1. The molecule has 1 aliphatic heterocycles. The van der Waals surface area contributed by atoms with Crippen molar-refractivity contribution in [2.45, 2.75) is 12.2 Å². The number of hydrogen-bond donors (Lipinski definition) is 0. The highest BCUT2D eigenvalue weighted by Gasteiger charge is 2.35. The Morgan fingerprint density at radius 2 is 2.13 bits per heavy atom. The maximum Gasteiger partial charge on any atom is 0.416 e. The highest BCUT2D eigenvalue weighted by Crippen LogP contribution is 2.33. The van der Waals surface area contributed by atoms with E-state index in [4.69, 9.17) is 5.26 Å². The van der Waals surface area contributed by atoms with Crippen LogP contribution in [-0.4, -0.2) is 39.8 Å². The lowest BCUT2D eigenvalue weighted by atomic mass is 10.1. The fraction of sp³-hybridized carbons (Fsp3) is 0.385. The van der Waals surface area contributed by atoms with Crippen LogP contribution in [-0.2, 0) is 6.18 Å². The molecule has 23 heavy (non-hydrogen) atoms. The van der Waals surface area contributed by atoms with Gasteiger partial charge in [-0.05, 0) is 6.07 Å². The van der Waals surface area contributed by atoms with E-state index in [9.17, 15) is 28.1 Å². The number of nitro benzene ring substituents is 1. The summed E-state index contributed by atoms with van der Waals surface area (Å²) in [7, 11) is 0. The summed E-state index contributed by atoms with van der Waals surface area (Å²) in [6, 6.07) is 2.90. The fourth-order valence-electron chi connectivity index (χ4n) is 2.12. The molecule has 1 saturated heterocycles. The summed E-state index contributed by atoms with van der Waals surface area (Å²) in [5.74, 6) is 0.0833. The number of halogens is 3. The zero-order valence-corrected chi connectivity index (χ0v) is 12.4. The summed E-state index contributed by atoms with van der Waals surface area (Å²) >= 11 is 1.45. The molecule has 10 heteroatoms. The number of non-ortho nitro benzene ring substituents is 1. The highest BCUT2D eigenvalue weighted by molar-refractivity contribution is 7.99. The number of rotatable bonds is 2. The molecule has 1 aliphatic rings. The molecule has 1 fully saturated rings. The van der Waals surface area contributed by atoms with Crippen LogP contribution in [0.4, 0.5) is 18.9 Å². The Morgan fingerprint density at radius 3 is 2.70 bits per heavy atom. The number of amides is 1. The first-order valence-electron chi connectivity index (χ1n) is 6.39. The molecule has 0 saturated carbocycles. The number of nitriles is 1. The zero-order valence-electron chi connectivity index (χ0n) is 11.5. The van der Waals surface area contributed by atoms with Crippen LogP contribution in [0.1, 0.15) is 15.9 Å². The lowest BCUT2D eigenvalue weighted by Crippen LogP contribution is -2.45. The van der Waals surface area contributed by atoms with Gasteiger partial charge >= 0.3 is 6.18 Å². The van der Waals surface area contributed by atoms with Gasteiger partial charge in [0.15, 0.2) is 0 Å². The summed E-state index contributed by atoms with van der Waals surface area (Å²) < 4.78 is 38.6. The van der Waals surface area contributed by atoms with E-state index in [1.165, 1.54) is 11.8 Å². The first kappa shape index (κ1) is 17.1. The van der Waals surface area contributed by atoms with Gasteiger partial charge in [0, 0.05) is 35.7 Å². The van der Waals surface area contributed by atoms with Crippen molar-refractivity contribution in [1.82, 2.24) is 4.90 Å². The van der Waals surface area contributed by atoms with E-state index in [0.717, 1.165) is 11.0 Å². The number of nitrogens with zero attached hydrogens (tertiary/aromatic N) is 3. The van der Waals surface area contributed by atoms with Crippen molar-refractivity contribution in [3.63, 3.8) is 0 Å². The number of carbonyl (C=O) groups is 1. The van der Waals surface area contributed by atoms with E-state index in [1.54, 1.807) is 0 Å². The quantitative estimate of drug-likeness (QED) is 0.607. The maximum atomic E-state index is 12.9. The molecule has 0 aromatic heterocycles. The number of alkyl halides is 3. The number of nitro groups is 1. The van der Waals surface area contributed by atoms with Gasteiger partial charge in [-0.2, -0.15) is 30.2 Å². The van der Waals surface area contributed by atoms with Crippen LogP contribution in [0.25, 0.3) is 0 Å². The number of thioether (sulfide) groups is 1. The molecule has 0 N–H and O–H groups in total. The molecule has 1 aromatic rings. The second-order valence-corrected chi connectivity index (χ2v) is 5.89. The highest BCUT2D eigenvalue weighted by atomic mass is 32.2. The average Bonchev–Trinajstić information content (AvgIpc) is 2.52. The molecular formula is C13H10F3N3O3S. The van der Waals surface area contributed by atoms with Crippen molar-refractivity contribution in [3.05, 3.63) is 39.4 Å². The van der Waals surface area contributed by atoms with Gasteiger partial charge in [-0.1, -0.05) is 0 Å². The lowest BCUT2D eigenvalue weighted by Gasteiger charge is -2.31. The molecule has 2 rings (SSSR count). The topological polar surface area (TPSA) is 87.2 Å². The Kier molecular flexibility index (Phi) is 4.79. The molecule has 0 spiro atoms. The van der Waals surface area contributed by atoms with Gasteiger partial charge < -0.3 is 4.90 Å². The summed E-state index contributed by atoms with van der Waals surface area (Å²) in [4.78, 5) is 23.4. The third-order valence-corrected chi connectivity index (χ3v) is 4.26. The molecule has 1 aromatic carbocycles. The predicted molar refractivity (Wildman–Crippen MR) is 75.9 cm³/mol. The normalized spacial score (nSPS) is 18.3. The van der Waals surface area contributed by atoms with Crippen molar-refractivity contribution in [2.24, 2.45) is 0 Å². The first-order valence-corrected chi connectivity index (χ1v) is 7.54. The molecule has 122 valence electrons. The van der Waals surface area contributed by atoms with Crippen LogP contribution in [0.15, 0.2) is 18.2 Å². The minimum Gasteiger partial charge on any atom is -0.321 e. The molecular weight excluding hydrogens is 335 g/mol. The van der Waals surface area contributed by atoms with E-state index in [-0.39, 0.29) is 6.54 Å². The van der Waals surface area contributed by atoms with Gasteiger partial charge in [-0.15, -0.1) is 0 Å². The molecule has 0 aliphatic carbocycles. The zero-order chi connectivity index (χ0) is 17.2. The Morgan fingerprint density at radius 1 is 1.43 bits per heavy atom. The second-order valence-electron chi connectivity index (χ2n) is 4.74. The van der Waals surface area contributed by atoms with Crippen molar-refractivity contribution in [3.8, 4) is 6.07 Å². The van der Waals surface area contributed by atoms with Gasteiger partial charge in [0.25, 0.3) is 11.6 Å². The standard InChI is InChI=1S/C13H10F3N3O3S/c14-13(15,16)9-3-8(4-10(5-9)19(21)22)12(20)18-1-2-23-7-11(18)6-17/h3-5,11H,1-2,7H2/t11-/m0/s1. The number of carbonyl (C=O) groups excluding carboxylic acids is 1. The molecule has 1 atom stereocenters. The summed E-state index contributed by atoms with van der Waals surface area (Å²) in [5, 5.41) is 19.8. The van der Waals surface area contributed by atoms with Crippen molar-refractivity contribution in [2.75, 3.05) is 18.1 Å². The van der Waals surface area contributed by atoms with Gasteiger partial charge in [-0.25, -0.2) is 0 Å². The second kappa shape index (κ2) is 6.45. The third-order valence-electron chi connectivity index (χ3n) is 3.24. The fourth-order valence-corrected chi connectivity index (χ4v) is 3.09. The molecule has 0 bridgehead atoms. The summed E-state index contributed by atoms with van der Waals surface area (Å²) in [5.41, 5.74) is -2.53. The summed E-state index contributed by atoms with van der Waals surface area (Å²) in [6.07, 6.45) is -4.81. The van der Waals surface area contributed by atoms with Crippen molar-refractivity contribution in [1.29, 1.82) is 5.26 Å². The molecule has 6 nitrogen and oxygen atoms in total. The average molecular weight is 345 g/mol. The predicted octanol–water partition coefficient (Wildman–Crippen LogP) is 2.69. The van der Waals surface area contributed by atoms with Crippen molar-refractivity contribution >= 4 is 23.4 Å². The molecule has 0 unspecified atom stereocenters. The number of benzene rings is 1. The van der Waals surface area contributed by atoms with Gasteiger partial charge in [0.05, 0.1) is 16.6 Å². The van der Waals surface area contributed by atoms with Gasteiger partial charge in [0.1, 0.15) is 6.04 Å². The van der Waals surface area contributed by atoms with Gasteiger partial charge in [-0.3, -0.25) is 14.9 Å². The Labute approximate surface area is 133 Å². The number of hydrogen-bond acceptors (Lipinski definition) is 5. The largest absolute Gasteiger partial charge is 0.416 e. The minimum atomic E-state index is -4.81. The lowest BCUT2D eigenvalue weighted by molar-refractivity contribution is -0.385. The molecule has 1 heterocycles. The maximum absolute atomic E-state index is 12.9.